The molecule has 0 aliphatic heterocycles. The lowest BCUT2D eigenvalue weighted by atomic mass is 10.1. The van der Waals surface area contributed by atoms with Crippen LogP contribution in [0.4, 0.5) is 8.78 Å². The van der Waals surface area contributed by atoms with E-state index in [1.807, 2.05) is 13.0 Å². The first-order chi connectivity index (χ1) is 8.04. The average molecular weight is 239 g/mol. The number of rotatable bonds is 5. The maximum absolute atomic E-state index is 13.0. The Labute approximate surface area is 102 Å². The number of halogens is 2. The van der Waals surface area contributed by atoms with Gasteiger partial charge in [0.25, 0.3) is 0 Å². The van der Waals surface area contributed by atoms with Crippen LogP contribution in [0.25, 0.3) is 6.08 Å². The van der Waals surface area contributed by atoms with Gasteiger partial charge in [-0.15, -0.1) is 0 Å². The van der Waals surface area contributed by atoms with Crippen molar-refractivity contribution in [3.63, 3.8) is 0 Å². The van der Waals surface area contributed by atoms with Crippen LogP contribution in [-0.2, 0) is 0 Å². The minimum atomic E-state index is -0.808. The predicted molar refractivity (Wildman–Crippen MR) is 67.8 cm³/mol. The van der Waals surface area contributed by atoms with E-state index in [0.717, 1.165) is 24.6 Å². The molecule has 1 aromatic carbocycles. The number of nitrogens with one attached hydrogen (secondary N) is 1. The van der Waals surface area contributed by atoms with Gasteiger partial charge in [0.15, 0.2) is 11.6 Å². The van der Waals surface area contributed by atoms with Crippen LogP contribution in [0.5, 0.6) is 0 Å². The van der Waals surface area contributed by atoms with Crippen LogP contribution in [0, 0.1) is 11.6 Å². The van der Waals surface area contributed by atoms with Crippen LogP contribution in [0.2, 0.25) is 0 Å². The highest BCUT2D eigenvalue weighted by atomic mass is 19.2. The quantitative estimate of drug-likeness (QED) is 0.825. The molecular formula is C14H19F2N. The molecule has 0 bridgehead atoms. The Kier molecular flexibility index (Phi) is 5.29. The summed E-state index contributed by atoms with van der Waals surface area (Å²) in [5, 5.41) is 3.34. The molecule has 0 heterocycles. The van der Waals surface area contributed by atoms with Gasteiger partial charge in [-0.1, -0.05) is 24.6 Å². The van der Waals surface area contributed by atoms with Crippen LogP contribution in [0.3, 0.4) is 0 Å². The molecule has 0 aliphatic carbocycles. The van der Waals surface area contributed by atoms with Crippen LogP contribution >= 0.6 is 0 Å². The van der Waals surface area contributed by atoms with E-state index >= 15 is 0 Å². The minimum Gasteiger partial charge on any atom is -0.311 e. The number of hydrogen-bond acceptors (Lipinski definition) is 1. The Hall–Kier alpha value is -1.22. The molecule has 0 saturated heterocycles. The molecule has 94 valence electrons. The van der Waals surface area contributed by atoms with Crippen molar-refractivity contribution in [2.24, 2.45) is 0 Å². The van der Waals surface area contributed by atoms with E-state index in [0.29, 0.717) is 5.56 Å². The monoisotopic (exact) mass is 239 g/mol. The van der Waals surface area contributed by atoms with Gasteiger partial charge in [-0.25, -0.2) is 8.78 Å². The molecular weight excluding hydrogens is 220 g/mol. The fourth-order valence-electron chi connectivity index (χ4n) is 1.51. The lowest BCUT2D eigenvalue weighted by molar-refractivity contribution is 0.508. The number of benzene rings is 1. The lowest BCUT2D eigenvalue weighted by Crippen LogP contribution is -2.27. The second kappa shape index (κ2) is 6.50. The normalized spacial score (nSPS) is 13.8. The molecule has 0 radical (unpaired) electrons. The molecule has 0 fully saturated rings. The van der Waals surface area contributed by atoms with Crippen molar-refractivity contribution in [2.45, 2.75) is 33.2 Å². The second-order valence-corrected chi connectivity index (χ2v) is 4.24. The summed E-state index contributed by atoms with van der Waals surface area (Å²) in [5.41, 5.74) is 1.79. The lowest BCUT2D eigenvalue weighted by Gasteiger charge is -2.14. The smallest absolute Gasteiger partial charge is 0.159 e. The predicted octanol–water partition coefficient (Wildman–Crippen LogP) is 3.76. The van der Waals surface area contributed by atoms with E-state index in [1.165, 1.54) is 6.07 Å². The Morgan fingerprint density at radius 2 is 2.06 bits per heavy atom. The highest BCUT2D eigenvalue weighted by molar-refractivity contribution is 5.53. The molecule has 1 nitrogen and oxygen atoms in total. The molecule has 1 aromatic rings. The zero-order valence-corrected chi connectivity index (χ0v) is 10.6. The standard InChI is InChI=1S/C14H19F2N/c1-4-7-17-11(3)10(2)8-12-5-6-13(15)14(16)9-12/h5-6,8-9,11,17H,4,7H2,1-3H3/b10-8+. The SMILES string of the molecule is CCCNC(C)/C(C)=C/c1ccc(F)c(F)c1. The van der Waals surface area contributed by atoms with Crippen LogP contribution in [-0.4, -0.2) is 12.6 Å². The summed E-state index contributed by atoms with van der Waals surface area (Å²) in [6.45, 7) is 7.09. The zero-order valence-electron chi connectivity index (χ0n) is 10.6. The van der Waals surface area contributed by atoms with E-state index in [1.54, 1.807) is 6.07 Å². The maximum atomic E-state index is 13.0. The minimum absolute atomic E-state index is 0.239. The highest BCUT2D eigenvalue weighted by Gasteiger charge is 2.04. The topological polar surface area (TPSA) is 12.0 Å². The van der Waals surface area contributed by atoms with Gasteiger partial charge in [0, 0.05) is 6.04 Å². The van der Waals surface area contributed by atoms with E-state index in [-0.39, 0.29) is 6.04 Å². The van der Waals surface area contributed by atoms with Crippen LogP contribution < -0.4 is 5.32 Å². The van der Waals surface area contributed by atoms with Gasteiger partial charge in [-0.2, -0.15) is 0 Å². The summed E-state index contributed by atoms with van der Waals surface area (Å²) in [6.07, 6.45) is 2.94. The van der Waals surface area contributed by atoms with E-state index in [9.17, 15) is 8.78 Å². The van der Waals surface area contributed by atoms with Crippen LogP contribution in [0.15, 0.2) is 23.8 Å². The van der Waals surface area contributed by atoms with Gasteiger partial charge in [0.1, 0.15) is 0 Å². The number of hydrogen-bond donors (Lipinski definition) is 1. The van der Waals surface area contributed by atoms with Crippen molar-refractivity contribution < 1.29 is 8.78 Å². The summed E-state index contributed by atoms with van der Waals surface area (Å²) >= 11 is 0. The van der Waals surface area contributed by atoms with Crippen molar-refractivity contribution in [1.82, 2.24) is 5.32 Å². The molecule has 0 aliphatic rings. The van der Waals surface area contributed by atoms with Crippen molar-refractivity contribution in [3.8, 4) is 0 Å². The summed E-state index contributed by atoms with van der Waals surface area (Å²) in [6, 6.07) is 4.18. The van der Waals surface area contributed by atoms with Crippen molar-refractivity contribution in [2.75, 3.05) is 6.54 Å². The van der Waals surface area contributed by atoms with Gasteiger partial charge < -0.3 is 5.32 Å². The van der Waals surface area contributed by atoms with Crippen LogP contribution in [0.1, 0.15) is 32.8 Å². The molecule has 3 heteroatoms. The first-order valence-corrected chi connectivity index (χ1v) is 5.91. The molecule has 1 N–H and O–H groups in total. The fourth-order valence-corrected chi connectivity index (χ4v) is 1.51. The first-order valence-electron chi connectivity index (χ1n) is 5.91. The Morgan fingerprint density at radius 3 is 2.65 bits per heavy atom. The third kappa shape index (κ3) is 4.27. The molecule has 0 saturated carbocycles. The molecule has 0 amide bonds. The second-order valence-electron chi connectivity index (χ2n) is 4.24. The van der Waals surface area contributed by atoms with Gasteiger partial charge in [0.2, 0.25) is 0 Å². The third-order valence-electron chi connectivity index (χ3n) is 2.72. The molecule has 0 spiro atoms. The van der Waals surface area contributed by atoms with E-state index in [2.05, 4.69) is 19.2 Å². The fraction of sp³-hybridized carbons (Fsp3) is 0.429. The highest BCUT2D eigenvalue weighted by Crippen LogP contribution is 2.13. The zero-order chi connectivity index (χ0) is 12.8. The van der Waals surface area contributed by atoms with E-state index in [4.69, 9.17) is 0 Å². The third-order valence-corrected chi connectivity index (χ3v) is 2.72. The Bertz CT molecular complexity index is 399. The molecule has 1 atom stereocenters. The molecule has 1 rings (SSSR count). The largest absolute Gasteiger partial charge is 0.311 e. The Balaban J connectivity index is 2.76. The van der Waals surface area contributed by atoms with Crippen molar-refractivity contribution in [3.05, 3.63) is 41.0 Å². The molecule has 1 unspecified atom stereocenters. The average Bonchev–Trinajstić information content (AvgIpc) is 2.30. The van der Waals surface area contributed by atoms with Crippen molar-refractivity contribution >= 4 is 6.08 Å². The first kappa shape index (κ1) is 13.8. The van der Waals surface area contributed by atoms with Gasteiger partial charge in [0.05, 0.1) is 0 Å². The summed E-state index contributed by atoms with van der Waals surface area (Å²) < 4.78 is 25.8. The summed E-state index contributed by atoms with van der Waals surface area (Å²) in [7, 11) is 0. The summed E-state index contributed by atoms with van der Waals surface area (Å²) in [4.78, 5) is 0. The Morgan fingerprint density at radius 1 is 1.35 bits per heavy atom. The maximum Gasteiger partial charge on any atom is 0.159 e. The van der Waals surface area contributed by atoms with Gasteiger partial charge >= 0.3 is 0 Å². The molecule has 17 heavy (non-hydrogen) atoms. The van der Waals surface area contributed by atoms with Gasteiger partial charge in [-0.3, -0.25) is 0 Å². The van der Waals surface area contributed by atoms with E-state index < -0.39 is 11.6 Å². The van der Waals surface area contributed by atoms with Gasteiger partial charge in [-0.05, 0) is 44.5 Å². The van der Waals surface area contributed by atoms with Crippen molar-refractivity contribution in [1.29, 1.82) is 0 Å². The molecule has 0 aromatic heterocycles. The summed E-state index contributed by atoms with van der Waals surface area (Å²) in [5.74, 6) is -1.61.